The Hall–Kier alpha value is -2.19. The van der Waals surface area contributed by atoms with Crippen molar-refractivity contribution < 1.29 is 14.4 Å². The predicted molar refractivity (Wildman–Crippen MR) is 76.0 cm³/mol. The van der Waals surface area contributed by atoms with Crippen LogP contribution in [0.2, 0.25) is 0 Å². The first-order chi connectivity index (χ1) is 9.58. The summed E-state index contributed by atoms with van der Waals surface area (Å²) in [5.41, 5.74) is 7.01. The quantitative estimate of drug-likeness (QED) is 0.792. The smallest absolute Gasteiger partial charge is 0.333 e. The number of hydrogen-bond donors (Lipinski definition) is 1. The Labute approximate surface area is 127 Å². The third kappa shape index (κ3) is 4.69. The largest absolute Gasteiger partial charge is 0.497 e. The molecule has 0 aliphatic rings. The molecule has 0 spiro atoms. The molecule has 0 saturated carbocycles. The van der Waals surface area contributed by atoms with Gasteiger partial charge in [-0.25, -0.2) is 4.79 Å². The minimum absolute atomic E-state index is 0. The van der Waals surface area contributed by atoms with Crippen molar-refractivity contribution in [3.63, 3.8) is 0 Å². The Morgan fingerprint density at radius 2 is 2.05 bits per heavy atom. The lowest BCUT2D eigenvalue weighted by Gasteiger charge is -2.07. The monoisotopic (exact) mass is 313 g/mol. The number of aromatic nitrogens is 4. The molecule has 2 aromatic rings. The van der Waals surface area contributed by atoms with Crippen LogP contribution in [0.5, 0.6) is 5.75 Å². The molecule has 1 aromatic carbocycles. The molecule has 0 amide bonds. The highest BCUT2D eigenvalue weighted by molar-refractivity contribution is 5.85. The number of carbonyl (C=O) groups excluding carboxylic acids is 1. The summed E-state index contributed by atoms with van der Waals surface area (Å²) >= 11 is 0. The number of halogens is 1. The number of methoxy groups -OCH3 is 1. The zero-order valence-corrected chi connectivity index (χ0v) is 12.4. The summed E-state index contributed by atoms with van der Waals surface area (Å²) < 4.78 is 5.08. The van der Waals surface area contributed by atoms with Gasteiger partial charge in [0.15, 0.2) is 5.82 Å². The van der Waals surface area contributed by atoms with E-state index in [1.54, 1.807) is 7.11 Å². The molecule has 0 radical (unpaired) electrons. The average Bonchev–Trinajstić information content (AvgIpc) is 2.87. The third-order valence-corrected chi connectivity index (χ3v) is 2.57. The van der Waals surface area contributed by atoms with Crippen molar-refractivity contribution in [2.75, 3.05) is 7.11 Å². The van der Waals surface area contributed by atoms with Gasteiger partial charge in [-0.1, -0.05) is 17.2 Å². The number of nitrogens with two attached hydrogens (primary N) is 1. The van der Waals surface area contributed by atoms with Crippen molar-refractivity contribution in [2.45, 2.75) is 19.4 Å². The average molecular weight is 314 g/mol. The van der Waals surface area contributed by atoms with Gasteiger partial charge in [0, 0.05) is 11.9 Å². The Morgan fingerprint density at radius 3 is 2.62 bits per heavy atom. The SMILES string of the molecule is COc1ccc(C[C@H](N)c2nnn(OC(C)=O)n2)cc1.Cl. The van der Waals surface area contributed by atoms with Gasteiger partial charge in [-0.15, -0.1) is 17.5 Å². The number of ether oxygens (including phenoxy) is 1. The maximum atomic E-state index is 10.7. The van der Waals surface area contributed by atoms with Crippen molar-refractivity contribution in [2.24, 2.45) is 5.73 Å². The Bertz CT molecular complexity index is 587. The summed E-state index contributed by atoms with van der Waals surface area (Å²) in [6, 6.07) is 7.09. The molecule has 21 heavy (non-hydrogen) atoms. The minimum Gasteiger partial charge on any atom is -0.497 e. The van der Waals surface area contributed by atoms with E-state index < -0.39 is 12.0 Å². The Morgan fingerprint density at radius 1 is 1.38 bits per heavy atom. The van der Waals surface area contributed by atoms with Gasteiger partial charge in [0.1, 0.15) is 5.75 Å². The Kier molecular flexibility index (Phi) is 6.07. The van der Waals surface area contributed by atoms with Crippen LogP contribution in [0.25, 0.3) is 0 Å². The molecule has 1 aromatic heterocycles. The highest BCUT2D eigenvalue weighted by Gasteiger charge is 2.14. The molecule has 1 atom stereocenters. The molecule has 0 aliphatic carbocycles. The van der Waals surface area contributed by atoms with Gasteiger partial charge in [-0.05, 0) is 29.3 Å². The second kappa shape index (κ2) is 7.55. The summed E-state index contributed by atoms with van der Waals surface area (Å²) in [4.78, 5) is 16.2. The first kappa shape index (κ1) is 16.9. The van der Waals surface area contributed by atoms with Crippen LogP contribution in [0.1, 0.15) is 24.4 Å². The van der Waals surface area contributed by atoms with Crippen molar-refractivity contribution >= 4 is 18.4 Å². The topological polar surface area (TPSA) is 105 Å². The zero-order chi connectivity index (χ0) is 14.5. The van der Waals surface area contributed by atoms with Gasteiger partial charge in [0.25, 0.3) is 0 Å². The molecule has 114 valence electrons. The fourth-order valence-corrected chi connectivity index (χ4v) is 1.62. The van der Waals surface area contributed by atoms with E-state index in [4.69, 9.17) is 10.5 Å². The van der Waals surface area contributed by atoms with E-state index in [1.807, 2.05) is 24.3 Å². The molecule has 2 N–H and O–H groups in total. The van der Waals surface area contributed by atoms with Crippen LogP contribution in [0.15, 0.2) is 24.3 Å². The number of carbonyl (C=O) groups is 1. The van der Waals surface area contributed by atoms with E-state index in [0.29, 0.717) is 12.2 Å². The minimum atomic E-state index is -0.530. The predicted octanol–water partition coefficient (Wildman–Crippen LogP) is 0.321. The van der Waals surface area contributed by atoms with Gasteiger partial charge >= 0.3 is 5.97 Å². The molecule has 0 unspecified atom stereocenters. The van der Waals surface area contributed by atoms with E-state index in [2.05, 4.69) is 20.2 Å². The van der Waals surface area contributed by atoms with Crippen molar-refractivity contribution in [3.05, 3.63) is 35.7 Å². The fraction of sp³-hybridized carbons (Fsp3) is 0.333. The molecule has 0 aliphatic heterocycles. The first-order valence-electron chi connectivity index (χ1n) is 5.96. The van der Waals surface area contributed by atoms with Crippen LogP contribution >= 0.6 is 12.4 Å². The van der Waals surface area contributed by atoms with Gasteiger partial charge in [0.05, 0.1) is 13.2 Å². The van der Waals surface area contributed by atoms with Crippen LogP contribution in [-0.4, -0.2) is 33.4 Å². The molecular weight excluding hydrogens is 298 g/mol. The van der Waals surface area contributed by atoms with Crippen LogP contribution < -0.4 is 15.3 Å². The third-order valence-electron chi connectivity index (χ3n) is 2.57. The number of nitrogens with zero attached hydrogens (tertiary/aromatic N) is 4. The summed E-state index contributed by atoms with van der Waals surface area (Å²) in [5.74, 6) is 0.556. The molecular formula is C12H16ClN5O3. The van der Waals surface area contributed by atoms with E-state index in [1.165, 1.54) is 6.92 Å². The lowest BCUT2D eigenvalue weighted by molar-refractivity contribution is -0.145. The van der Waals surface area contributed by atoms with E-state index in [9.17, 15) is 4.79 Å². The van der Waals surface area contributed by atoms with Crippen molar-refractivity contribution in [1.29, 1.82) is 0 Å². The van der Waals surface area contributed by atoms with Crippen LogP contribution in [-0.2, 0) is 11.2 Å². The lowest BCUT2D eigenvalue weighted by atomic mass is 10.1. The summed E-state index contributed by atoms with van der Waals surface area (Å²) in [7, 11) is 1.61. The van der Waals surface area contributed by atoms with Crippen LogP contribution in [0.3, 0.4) is 0 Å². The summed E-state index contributed by atoms with van der Waals surface area (Å²) in [6.07, 6.45) is 0.537. The van der Waals surface area contributed by atoms with Crippen LogP contribution in [0.4, 0.5) is 0 Å². The highest BCUT2D eigenvalue weighted by Crippen LogP contribution is 2.16. The maximum absolute atomic E-state index is 10.7. The molecule has 9 heteroatoms. The lowest BCUT2D eigenvalue weighted by Crippen LogP contribution is -2.20. The molecule has 1 heterocycles. The number of benzene rings is 1. The van der Waals surface area contributed by atoms with Crippen LogP contribution in [0, 0.1) is 0 Å². The number of rotatable bonds is 5. The first-order valence-corrected chi connectivity index (χ1v) is 5.96. The standard InChI is InChI=1S/C12H15N5O3.ClH/c1-8(18)20-17-15-12(14-16-17)11(13)7-9-3-5-10(19-2)6-4-9;/h3-6,11H,7,13H2,1-2H3;1H/t11-;/m0./s1. The number of tetrazole rings is 1. The zero-order valence-electron chi connectivity index (χ0n) is 11.6. The van der Waals surface area contributed by atoms with Crippen molar-refractivity contribution in [1.82, 2.24) is 20.4 Å². The van der Waals surface area contributed by atoms with Crippen molar-refractivity contribution in [3.8, 4) is 5.75 Å². The van der Waals surface area contributed by atoms with Gasteiger partial charge < -0.3 is 15.3 Å². The summed E-state index contributed by atoms with van der Waals surface area (Å²) in [5, 5.41) is 11.2. The maximum Gasteiger partial charge on any atom is 0.333 e. The van der Waals surface area contributed by atoms with Gasteiger partial charge in [-0.3, -0.25) is 0 Å². The second-order valence-electron chi connectivity index (χ2n) is 4.14. The molecule has 0 fully saturated rings. The van der Waals surface area contributed by atoms with Gasteiger partial charge in [0.2, 0.25) is 0 Å². The Balaban J connectivity index is 0.00000220. The fourth-order valence-electron chi connectivity index (χ4n) is 1.62. The normalized spacial score (nSPS) is 11.4. The molecule has 2 rings (SSSR count). The molecule has 0 bridgehead atoms. The number of hydrogen-bond acceptors (Lipinski definition) is 7. The van der Waals surface area contributed by atoms with E-state index in [-0.39, 0.29) is 12.4 Å². The van der Waals surface area contributed by atoms with E-state index in [0.717, 1.165) is 16.3 Å². The van der Waals surface area contributed by atoms with E-state index >= 15 is 0 Å². The van der Waals surface area contributed by atoms with Gasteiger partial charge in [-0.2, -0.15) is 0 Å². The molecule has 0 saturated heterocycles. The highest BCUT2D eigenvalue weighted by atomic mass is 35.5. The molecule has 8 nitrogen and oxygen atoms in total. The second-order valence-corrected chi connectivity index (χ2v) is 4.14. The summed E-state index contributed by atoms with van der Waals surface area (Å²) in [6.45, 7) is 1.25.